The minimum atomic E-state index is -0.395. The van der Waals surface area contributed by atoms with Crippen LogP contribution in [0.1, 0.15) is 47.3 Å². The molecule has 0 spiro atoms. The number of Topliss-reactive ketones (excluding diaryl/α,β-unsaturated/α-hetero) is 1. The first-order chi connectivity index (χ1) is 11.5. The van der Waals surface area contributed by atoms with E-state index in [2.05, 4.69) is 17.0 Å². The summed E-state index contributed by atoms with van der Waals surface area (Å²) in [7, 11) is 0. The first-order valence-electron chi connectivity index (χ1n) is 8.10. The molecule has 3 rings (SSSR count). The lowest BCUT2D eigenvalue weighted by molar-refractivity contribution is -0.384. The van der Waals surface area contributed by atoms with Gasteiger partial charge in [0.2, 0.25) is 0 Å². The zero-order chi connectivity index (χ0) is 17.3. The Morgan fingerprint density at radius 2 is 2.04 bits per heavy atom. The number of nitrogens with zero attached hydrogens (tertiary/aromatic N) is 2. The van der Waals surface area contributed by atoms with Gasteiger partial charge in [0.25, 0.3) is 5.69 Å². The molecule has 0 saturated carbocycles. The number of aryl methyl sites for hydroxylation is 1. The average Bonchev–Trinajstić information content (AvgIpc) is 3.03. The summed E-state index contributed by atoms with van der Waals surface area (Å²) in [5, 5.41) is 11.5. The fraction of sp³-hybridized carbons (Fsp3) is 0.316. The predicted octanol–water partition coefficient (Wildman–Crippen LogP) is 4.45. The van der Waals surface area contributed by atoms with E-state index in [0.717, 1.165) is 19.4 Å². The lowest BCUT2D eigenvalue weighted by atomic mass is 10.0. The Kier molecular flexibility index (Phi) is 4.34. The van der Waals surface area contributed by atoms with Gasteiger partial charge < -0.3 is 4.90 Å². The smallest absolute Gasteiger partial charge is 0.293 e. The molecule has 1 heterocycles. The molecule has 0 aliphatic carbocycles. The predicted molar refractivity (Wildman–Crippen MR) is 93.6 cm³/mol. The molecule has 0 radical (unpaired) electrons. The van der Waals surface area contributed by atoms with Crippen LogP contribution in [-0.2, 0) is 0 Å². The largest absolute Gasteiger partial charge is 0.359 e. The van der Waals surface area contributed by atoms with E-state index in [1.165, 1.54) is 24.1 Å². The van der Waals surface area contributed by atoms with Gasteiger partial charge in [-0.25, -0.2) is 0 Å². The third-order valence-corrected chi connectivity index (χ3v) is 4.57. The number of hydrogen-bond donors (Lipinski definition) is 0. The number of carbonyl (C=O) groups is 1. The summed E-state index contributed by atoms with van der Waals surface area (Å²) < 4.78 is 0. The van der Waals surface area contributed by atoms with Crippen LogP contribution in [0, 0.1) is 17.0 Å². The average molecular weight is 324 g/mol. The molecule has 1 saturated heterocycles. The fourth-order valence-electron chi connectivity index (χ4n) is 3.41. The van der Waals surface area contributed by atoms with Crippen LogP contribution in [0.3, 0.4) is 0 Å². The lowest BCUT2D eigenvalue weighted by Gasteiger charge is -2.27. The highest BCUT2D eigenvalue weighted by molar-refractivity contribution is 5.95. The van der Waals surface area contributed by atoms with Crippen LogP contribution >= 0.6 is 0 Å². The zero-order valence-corrected chi connectivity index (χ0v) is 13.9. The summed E-state index contributed by atoms with van der Waals surface area (Å²) in [6.07, 6.45) is 1.96. The molecule has 5 heteroatoms. The molecular formula is C19H20N2O3. The van der Waals surface area contributed by atoms with Gasteiger partial charge in [-0.15, -0.1) is 0 Å². The van der Waals surface area contributed by atoms with Gasteiger partial charge in [-0.2, -0.15) is 0 Å². The van der Waals surface area contributed by atoms with Gasteiger partial charge in [0, 0.05) is 18.2 Å². The maximum absolute atomic E-state index is 11.5. The van der Waals surface area contributed by atoms with Crippen LogP contribution < -0.4 is 4.90 Å². The highest BCUT2D eigenvalue weighted by Gasteiger charge is 2.31. The SMILES string of the molecule is CC(=O)c1ccc(N2CCCC2c2cccc(C)c2)c([N+](=O)[O-])c1. The van der Waals surface area contributed by atoms with Gasteiger partial charge in [-0.05, 0) is 44.4 Å². The molecule has 1 unspecified atom stereocenters. The van der Waals surface area contributed by atoms with Crippen LogP contribution in [0.15, 0.2) is 42.5 Å². The van der Waals surface area contributed by atoms with Crippen LogP contribution in [0.4, 0.5) is 11.4 Å². The van der Waals surface area contributed by atoms with E-state index < -0.39 is 4.92 Å². The monoisotopic (exact) mass is 324 g/mol. The van der Waals surface area contributed by atoms with E-state index in [4.69, 9.17) is 0 Å². The van der Waals surface area contributed by atoms with Gasteiger partial charge in [-0.3, -0.25) is 14.9 Å². The molecule has 2 aromatic carbocycles. The van der Waals surface area contributed by atoms with E-state index >= 15 is 0 Å². The second-order valence-electron chi connectivity index (χ2n) is 6.28. The number of rotatable bonds is 4. The number of carbonyl (C=O) groups excluding carboxylic acids is 1. The van der Waals surface area contributed by atoms with Crippen LogP contribution in [0.5, 0.6) is 0 Å². The maximum Gasteiger partial charge on any atom is 0.293 e. The summed E-state index contributed by atoms with van der Waals surface area (Å²) in [6, 6.07) is 13.2. The minimum Gasteiger partial charge on any atom is -0.359 e. The molecular weight excluding hydrogens is 304 g/mol. The first kappa shape index (κ1) is 16.2. The van der Waals surface area contributed by atoms with Gasteiger partial charge in [-0.1, -0.05) is 29.8 Å². The highest BCUT2D eigenvalue weighted by atomic mass is 16.6. The van der Waals surface area contributed by atoms with E-state index in [1.54, 1.807) is 12.1 Å². The molecule has 24 heavy (non-hydrogen) atoms. The Bertz CT molecular complexity index is 801. The number of nitro groups is 1. The van der Waals surface area contributed by atoms with Crippen molar-refractivity contribution >= 4 is 17.2 Å². The fourth-order valence-corrected chi connectivity index (χ4v) is 3.41. The summed E-state index contributed by atoms with van der Waals surface area (Å²) in [4.78, 5) is 24.8. The third-order valence-electron chi connectivity index (χ3n) is 4.57. The van der Waals surface area contributed by atoms with Crippen molar-refractivity contribution in [2.45, 2.75) is 32.7 Å². The normalized spacial score (nSPS) is 17.1. The molecule has 0 aromatic heterocycles. The van der Waals surface area contributed by atoms with E-state index in [-0.39, 0.29) is 17.5 Å². The molecule has 1 fully saturated rings. The van der Waals surface area contributed by atoms with Crippen molar-refractivity contribution in [1.82, 2.24) is 0 Å². The van der Waals surface area contributed by atoms with Crippen molar-refractivity contribution in [2.75, 3.05) is 11.4 Å². The molecule has 1 aliphatic heterocycles. The molecule has 2 aromatic rings. The summed E-state index contributed by atoms with van der Waals surface area (Å²) in [5.74, 6) is -0.165. The molecule has 0 amide bonds. The molecule has 0 N–H and O–H groups in total. The summed E-state index contributed by atoms with van der Waals surface area (Å²) in [5.41, 5.74) is 3.33. The summed E-state index contributed by atoms with van der Waals surface area (Å²) >= 11 is 0. The number of benzene rings is 2. The van der Waals surface area contributed by atoms with Crippen LogP contribution in [0.25, 0.3) is 0 Å². The lowest BCUT2D eigenvalue weighted by Crippen LogP contribution is -2.23. The van der Waals surface area contributed by atoms with Crippen molar-refractivity contribution in [3.63, 3.8) is 0 Å². The van der Waals surface area contributed by atoms with Crippen molar-refractivity contribution in [3.8, 4) is 0 Å². The maximum atomic E-state index is 11.5. The highest BCUT2D eigenvalue weighted by Crippen LogP contribution is 2.40. The van der Waals surface area contributed by atoms with Gasteiger partial charge in [0.1, 0.15) is 5.69 Å². The Balaban J connectivity index is 2.03. The van der Waals surface area contributed by atoms with E-state index in [1.807, 2.05) is 19.1 Å². The van der Waals surface area contributed by atoms with Crippen molar-refractivity contribution in [2.24, 2.45) is 0 Å². The minimum absolute atomic E-state index is 0.00209. The van der Waals surface area contributed by atoms with Crippen LogP contribution in [-0.4, -0.2) is 17.3 Å². The van der Waals surface area contributed by atoms with Gasteiger partial charge in [0.15, 0.2) is 5.78 Å². The van der Waals surface area contributed by atoms with Gasteiger partial charge >= 0.3 is 0 Å². The Hall–Kier alpha value is -2.69. The van der Waals surface area contributed by atoms with Gasteiger partial charge in [0.05, 0.1) is 11.0 Å². The second kappa shape index (κ2) is 6.43. The molecule has 124 valence electrons. The van der Waals surface area contributed by atoms with E-state index in [0.29, 0.717) is 11.3 Å². The van der Waals surface area contributed by atoms with Crippen molar-refractivity contribution < 1.29 is 9.72 Å². The standard InChI is InChI=1S/C19H20N2O3/c1-13-5-3-6-16(11-13)17-7-4-10-20(17)18-9-8-15(14(2)22)12-19(18)21(23)24/h3,5-6,8-9,11-12,17H,4,7,10H2,1-2H3. The first-order valence-corrected chi connectivity index (χ1v) is 8.10. The number of hydrogen-bond acceptors (Lipinski definition) is 4. The van der Waals surface area contributed by atoms with Crippen LogP contribution in [0.2, 0.25) is 0 Å². The Morgan fingerprint density at radius 3 is 2.71 bits per heavy atom. The van der Waals surface area contributed by atoms with E-state index in [9.17, 15) is 14.9 Å². The molecule has 0 bridgehead atoms. The van der Waals surface area contributed by atoms with Crippen molar-refractivity contribution in [3.05, 3.63) is 69.3 Å². The number of anilines is 1. The zero-order valence-electron chi connectivity index (χ0n) is 13.9. The third kappa shape index (κ3) is 3.02. The topological polar surface area (TPSA) is 63.5 Å². The number of ketones is 1. The van der Waals surface area contributed by atoms with Crippen molar-refractivity contribution in [1.29, 1.82) is 0 Å². The molecule has 1 aliphatic rings. The Labute approximate surface area is 141 Å². The number of nitro benzene ring substituents is 1. The summed E-state index contributed by atoms with van der Waals surface area (Å²) in [6.45, 7) is 4.25. The molecule has 1 atom stereocenters. The second-order valence-corrected chi connectivity index (χ2v) is 6.28. The quantitative estimate of drug-likeness (QED) is 0.473. The molecule has 5 nitrogen and oxygen atoms in total. The Morgan fingerprint density at radius 1 is 1.25 bits per heavy atom.